The number of carbonyl (C=O) groups is 2. The standard InChI is InChI=1S/C13H14F2N2O2/c1-7-4-9(11(15)5-10(7)14)13(19)17-8-2-3-12(18)16-6-8/h4-5,8H,2-3,6H2,1H3,(H,16,18)(H,17,19). The zero-order valence-corrected chi connectivity index (χ0v) is 10.4. The molecule has 1 unspecified atom stereocenters. The van der Waals surface area contributed by atoms with Crippen LogP contribution in [0.15, 0.2) is 12.1 Å². The van der Waals surface area contributed by atoms with Crippen molar-refractivity contribution >= 4 is 11.8 Å². The molecular formula is C13H14F2N2O2. The van der Waals surface area contributed by atoms with Gasteiger partial charge in [-0.15, -0.1) is 0 Å². The Morgan fingerprint density at radius 3 is 2.74 bits per heavy atom. The van der Waals surface area contributed by atoms with E-state index in [9.17, 15) is 18.4 Å². The van der Waals surface area contributed by atoms with E-state index < -0.39 is 17.5 Å². The van der Waals surface area contributed by atoms with Crippen molar-refractivity contribution in [3.05, 3.63) is 34.9 Å². The third-order valence-corrected chi connectivity index (χ3v) is 3.09. The highest BCUT2D eigenvalue weighted by Crippen LogP contribution is 2.15. The Bertz CT molecular complexity index is 522. The zero-order valence-electron chi connectivity index (χ0n) is 10.4. The Balaban J connectivity index is 2.08. The summed E-state index contributed by atoms with van der Waals surface area (Å²) in [7, 11) is 0. The molecule has 2 rings (SSSR count). The second-order valence-corrected chi connectivity index (χ2v) is 4.59. The number of carbonyl (C=O) groups excluding carboxylic acids is 2. The van der Waals surface area contributed by atoms with Crippen molar-refractivity contribution in [2.45, 2.75) is 25.8 Å². The van der Waals surface area contributed by atoms with Crippen LogP contribution in [0.1, 0.15) is 28.8 Å². The van der Waals surface area contributed by atoms with Crippen LogP contribution < -0.4 is 10.6 Å². The van der Waals surface area contributed by atoms with Gasteiger partial charge in [0.2, 0.25) is 5.91 Å². The first-order chi connectivity index (χ1) is 8.97. The summed E-state index contributed by atoms with van der Waals surface area (Å²) in [5.41, 5.74) is 0.0271. The molecule has 19 heavy (non-hydrogen) atoms. The molecule has 0 bridgehead atoms. The van der Waals surface area contributed by atoms with Gasteiger partial charge < -0.3 is 10.6 Å². The Morgan fingerprint density at radius 1 is 1.37 bits per heavy atom. The second kappa shape index (κ2) is 5.34. The monoisotopic (exact) mass is 268 g/mol. The lowest BCUT2D eigenvalue weighted by Crippen LogP contribution is -2.47. The van der Waals surface area contributed by atoms with Crippen molar-refractivity contribution in [3.8, 4) is 0 Å². The van der Waals surface area contributed by atoms with Crippen LogP contribution in [-0.4, -0.2) is 24.4 Å². The van der Waals surface area contributed by atoms with Crippen molar-refractivity contribution in [1.82, 2.24) is 10.6 Å². The summed E-state index contributed by atoms with van der Waals surface area (Å²) in [5.74, 6) is -2.23. The maximum absolute atomic E-state index is 13.5. The second-order valence-electron chi connectivity index (χ2n) is 4.59. The quantitative estimate of drug-likeness (QED) is 0.849. The molecular weight excluding hydrogens is 254 g/mol. The number of hydrogen-bond acceptors (Lipinski definition) is 2. The maximum atomic E-state index is 13.5. The molecule has 0 spiro atoms. The van der Waals surface area contributed by atoms with Gasteiger partial charge in [-0.2, -0.15) is 0 Å². The van der Waals surface area contributed by atoms with Crippen molar-refractivity contribution in [2.75, 3.05) is 6.54 Å². The fourth-order valence-corrected chi connectivity index (χ4v) is 1.95. The lowest BCUT2D eigenvalue weighted by Gasteiger charge is -2.23. The van der Waals surface area contributed by atoms with Gasteiger partial charge in [-0.05, 0) is 25.0 Å². The van der Waals surface area contributed by atoms with Crippen molar-refractivity contribution < 1.29 is 18.4 Å². The molecule has 4 nitrogen and oxygen atoms in total. The number of piperidine rings is 1. The SMILES string of the molecule is Cc1cc(C(=O)NC2CCC(=O)NC2)c(F)cc1F. The minimum absolute atomic E-state index is 0.0608. The van der Waals surface area contributed by atoms with Crippen LogP contribution >= 0.6 is 0 Å². The number of nitrogens with one attached hydrogen (secondary N) is 2. The van der Waals surface area contributed by atoms with E-state index in [0.717, 1.165) is 0 Å². The first kappa shape index (κ1) is 13.5. The topological polar surface area (TPSA) is 58.2 Å². The summed E-state index contributed by atoms with van der Waals surface area (Å²) < 4.78 is 26.6. The number of rotatable bonds is 2. The summed E-state index contributed by atoms with van der Waals surface area (Å²) in [6.45, 7) is 1.79. The molecule has 2 amide bonds. The van der Waals surface area contributed by atoms with Crippen LogP contribution in [0.5, 0.6) is 0 Å². The highest BCUT2D eigenvalue weighted by Gasteiger charge is 2.22. The van der Waals surface area contributed by atoms with E-state index in [1.165, 1.54) is 13.0 Å². The predicted molar refractivity (Wildman–Crippen MR) is 64.6 cm³/mol. The minimum Gasteiger partial charge on any atom is -0.354 e. The first-order valence-corrected chi connectivity index (χ1v) is 6.00. The average molecular weight is 268 g/mol. The van der Waals surface area contributed by atoms with Crippen LogP contribution in [0.3, 0.4) is 0 Å². The molecule has 1 heterocycles. The molecule has 1 aromatic rings. The molecule has 102 valence electrons. The van der Waals surface area contributed by atoms with E-state index >= 15 is 0 Å². The average Bonchev–Trinajstić information content (AvgIpc) is 2.36. The smallest absolute Gasteiger partial charge is 0.254 e. The highest BCUT2D eigenvalue weighted by atomic mass is 19.1. The molecule has 0 radical (unpaired) electrons. The number of aryl methyl sites for hydroxylation is 1. The summed E-state index contributed by atoms with van der Waals surface area (Å²) >= 11 is 0. The summed E-state index contributed by atoms with van der Waals surface area (Å²) in [4.78, 5) is 22.9. The van der Waals surface area contributed by atoms with E-state index in [2.05, 4.69) is 10.6 Å². The molecule has 6 heteroatoms. The Morgan fingerprint density at radius 2 is 2.11 bits per heavy atom. The van der Waals surface area contributed by atoms with Gasteiger partial charge in [-0.25, -0.2) is 8.78 Å². The third kappa shape index (κ3) is 3.07. The van der Waals surface area contributed by atoms with Crippen LogP contribution in [0.25, 0.3) is 0 Å². The van der Waals surface area contributed by atoms with Crippen LogP contribution in [0, 0.1) is 18.6 Å². The van der Waals surface area contributed by atoms with E-state index in [1.54, 1.807) is 0 Å². The van der Waals surface area contributed by atoms with Crippen LogP contribution in [-0.2, 0) is 4.79 Å². The summed E-state index contributed by atoms with van der Waals surface area (Å²) in [6.07, 6.45) is 0.843. The van der Waals surface area contributed by atoms with Gasteiger partial charge in [0.1, 0.15) is 11.6 Å². The molecule has 0 saturated carbocycles. The van der Waals surface area contributed by atoms with Gasteiger partial charge in [0.25, 0.3) is 5.91 Å². The van der Waals surface area contributed by atoms with Crippen LogP contribution in [0.4, 0.5) is 8.78 Å². The van der Waals surface area contributed by atoms with Gasteiger partial charge in [0.05, 0.1) is 5.56 Å². The number of amides is 2. The number of benzene rings is 1. The Labute approximate surface area is 109 Å². The molecule has 0 aromatic heterocycles. The van der Waals surface area contributed by atoms with E-state index in [-0.39, 0.29) is 23.1 Å². The van der Waals surface area contributed by atoms with Crippen LogP contribution in [0.2, 0.25) is 0 Å². The van der Waals surface area contributed by atoms with Gasteiger partial charge >= 0.3 is 0 Å². The molecule has 1 aliphatic heterocycles. The fourth-order valence-electron chi connectivity index (χ4n) is 1.95. The lowest BCUT2D eigenvalue weighted by atomic mass is 10.1. The molecule has 0 aliphatic carbocycles. The largest absolute Gasteiger partial charge is 0.354 e. The zero-order chi connectivity index (χ0) is 14.0. The van der Waals surface area contributed by atoms with Gasteiger partial charge in [-0.1, -0.05) is 0 Å². The summed E-state index contributed by atoms with van der Waals surface area (Å²) in [6, 6.07) is 1.66. The van der Waals surface area contributed by atoms with Gasteiger partial charge in [-0.3, -0.25) is 9.59 Å². The van der Waals surface area contributed by atoms with Gasteiger partial charge in [0, 0.05) is 25.1 Å². The normalized spacial score (nSPS) is 18.9. The van der Waals surface area contributed by atoms with Crippen molar-refractivity contribution in [3.63, 3.8) is 0 Å². The van der Waals surface area contributed by atoms with E-state index in [0.29, 0.717) is 25.5 Å². The molecule has 1 fully saturated rings. The van der Waals surface area contributed by atoms with E-state index in [4.69, 9.17) is 0 Å². The van der Waals surface area contributed by atoms with E-state index in [1.807, 2.05) is 0 Å². The molecule has 1 aliphatic rings. The highest BCUT2D eigenvalue weighted by molar-refractivity contribution is 5.95. The first-order valence-electron chi connectivity index (χ1n) is 6.00. The van der Waals surface area contributed by atoms with Crippen molar-refractivity contribution in [1.29, 1.82) is 0 Å². The van der Waals surface area contributed by atoms with Gasteiger partial charge in [0.15, 0.2) is 0 Å². The predicted octanol–water partition coefficient (Wildman–Crippen LogP) is 1.28. The Hall–Kier alpha value is -1.98. The molecule has 1 saturated heterocycles. The number of hydrogen-bond donors (Lipinski definition) is 2. The third-order valence-electron chi connectivity index (χ3n) is 3.09. The minimum atomic E-state index is -0.888. The fraction of sp³-hybridized carbons (Fsp3) is 0.385. The number of halogens is 2. The van der Waals surface area contributed by atoms with Crippen molar-refractivity contribution in [2.24, 2.45) is 0 Å². The summed E-state index contributed by atoms with van der Waals surface area (Å²) in [5, 5.41) is 5.24. The maximum Gasteiger partial charge on any atom is 0.254 e. The molecule has 1 aromatic carbocycles. The molecule has 1 atom stereocenters. The molecule has 2 N–H and O–H groups in total. The lowest BCUT2D eigenvalue weighted by molar-refractivity contribution is -0.122. The Kier molecular flexibility index (Phi) is 3.78.